The summed E-state index contributed by atoms with van der Waals surface area (Å²) in [7, 11) is 0. The van der Waals surface area contributed by atoms with Crippen LogP contribution in [0.15, 0.2) is 65.6 Å². The van der Waals surface area contributed by atoms with Crippen molar-refractivity contribution in [2.45, 2.75) is 20.1 Å². The van der Waals surface area contributed by atoms with Crippen molar-refractivity contribution >= 4 is 57.8 Å². The molecule has 0 unspecified atom stereocenters. The van der Waals surface area contributed by atoms with Crippen LogP contribution in [0.3, 0.4) is 0 Å². The van der Waals surface area contributed by atoms with E-state index in [0.717, 1.165) is 5.56 Å². The first-order valence-electron chi connectivity index (χ1n) is 10.4. The molecule has 0 aliphatic heterocycles. The van der Waals surface area contributed by atoms with Gasteiger partial charge in [-0.1, -0.05) is 68.0 Å². The molecule has 0 fully saturated rings. The van der Waals surface area contributed by atoms with E-state index in [1.807, 2.05) is 0 Å². The second kappa shape index (κ2) is 16.1. The number of nitrogens with one attached hydrogen (secondary N) is 1. The fourth-order valence-electron chi connectivity index (χ4n) is 2.60. The summed E-state index contributed by atoms with van der Waals surface area (Å²) in [5.74, 6) is 0. The molecule has 0 saturated heterocycles. The van der Waals surface area contributed by atoms with Crippen molar-refractivity contribution in [1.82, 2.24) is 30.2 Å². The normalized spacial score (nSPS) is 11.1. The molecule has 0 aliphatic rings. The van der Waals surface area contributed by atoms with Gasteiger partial charge in [0.05, 0.1) is 17.8 Å². The summed E-state index contributed by atoms with van der Waals surface area (Å²) in [6.07, 6.45) is 4.57. The largest absolute Gasteiger partial charge is 0.411 e. The molecular weight excluding hydrogens is 600 g/mol. The van der Waals surface area contributed by atoms with Gasteiger partial charge in [-0.25, -0.2) is 9.67 Å². The molecule has 0 aliphatic carbocycles. The molecule has 4 aromatic rings. The van der Waals surface area contributed by atoms with Crippen LogP contribution in [0, 0.1) is 10.1 Å². The van der Waals surface area contributed by atoms with Gasteiger partial charge in [-0.15, -0.1) is 15.2 Å². The number of benzene rings is 2. The minimum atomic E-state index is -1.50. The highest BCUT2D eigenvalue weighted by atomic mass is 35.5. The lowest BCUT2D eigenvalue weighted by atomic mass is 10.1. The SMILES string of the molecule is C/C(=N/O)c1c[nH]nn1.Clc1ccc(CO/N=C(\Cn2cncn2)c2ccc(Cl)cc2Cl)c(Cl)c1.O=[N+]([O-])O. The molecule has 3 N–H and O–H groups in total. The van der Waals surface area contributed by atoms with Crippen molar-refractivity contribution in [2.24, 2.45) is 10.3 Å². The van der Waals surface area contributed by atoms with Crippen molar-refractivity contribution in [3.05, 3.63) is 102 Å². The molecule has 2 aromatic heterocycles. The molecule has 18 heteroatoms. The third-order valence-electron chi connectivity index (χ3n) is 4.37. The maximum atomic E-state index is 8.36. The van der Waals surface area contributed by atoms with Crippen molar-refractivity contribution < 1.29 is 20.3 Å². The average molecular weight is 619 g/mol. The number of hydrogen-bond acceptors (Lipinski definition) is 10. The second-order valence-corrected chi connectivity index (χ2v) is 8.73. The van der Waals surface area contributed by atoms with Gasteiger partial charge in [0.25, 0.3) is 5.09 Å². The van der Waals surface area contributed by atoms with E-state index in [1.165, 1.54) is 6.33 Å². The average Bonchev–Trinajstić information content (AvgIpc) is 3.59. The number of halogens is 4. The van der Waals surface area contributed by atoms with Crippen LogP contribution in [0.1, 0.15) is 23.7 Å². The Labute approximate surface area is 240 Å². The number of aromatic amines is 1. The van der Waals surface area contributed by atoms with Gasteiger partial charge < -0.3 is 15.3 Å². The predicted octanol–water partition coefficient (Wildman–Crippen LogP) is 5.17. The Bertz CT molecular complexity index is 1400. The van der Waals surface area contributed by atoms with E-state index in [2.05, 4.69) is 35.8 Å². The standard InChI is InChI=1S/C17H12Cl4N4O.C4H6N4O.HNO3/c18-12-2-1-11(15(20)5-12)8-26-24-17(7-25-10-22-9-23-25)14-4-3-13(19)6-16(14)21;1-3(7-9)4-2-5-8-6-4;2-1(3)4/h1-6,9-10H,7-8H2;2,9H,1H3,(H,5,6,8);(H,2,3,4)/b24-17+;7-3-;. The van der Waals surface area contributed by atoms with Gasteiger partial charge in [0.1, 0.15) is 36.4 Å². The third kappa shape index (κ3) is 11.1. The summed E-state index contributed by atoms with van der Waals surface area (Å²) in [6, 6.07) is 10.3. The van der Waals surface area contributed by atoms with E-state index >= 15 is 0 Å². The molecular formula is C21H19Cl4N9O5. The van der Waals surface area contributed by atoms with E-state index in [4.69, 9.17) is 71.8 Å². The molecule has 0 bridgehead atoms. The molecule has 0 amide bonds. The monoisotopic (exact) mass is 617 g/mol. The number of aromatic nitrogens is 6. The maximum absolute atomic E-state index is 8.36. The molecule has 206 valence electrons. The van der Waals surface area contributed by atoms with Crippen LogP contribution in [0.2, 0.25) is 20.1 Å². The summed E-state index contributed by atoms with van der Waals surface area (Å²) >= 11 is 24.3. The lowest BCUT2D eigenvalue weighted by molar-refractivity contribution is -0.742. The van der Waals surface area contributed by atoms with Gasteiger partial charge in [0.2, 0.25) is 0 Å². The molecule has 14 nitrogen and oxygen atoms in total. The van der Waals surface area contributed by atoms with Crippen molar-refractivity contribution in [3.8, 4) is 0 Å². The van der Waals surface area contributed by atoms with Gasteiger partial charge in [0.15, 0.2) is 0 Å². The predicted molar refractivity (Wildman–Crippen MR) is 143 cm³/mol. The molecule has 39 heavy (non-hydrogen) atoms. The topological polar surface area (TPSA) is 190 Å². The smallest absolute Gasteiger partial charge is 0.291 e. The Morgan fingerprint density at radius 1 is 1.15 bits per heavy atom. The van der Waals surface area contributed by atoms with Crippen LogP contribution in [0.25, 0.3) is 0 Å². The van der Waals surface area contributed by atoms with Gasteiger partial charge in [-0.2, -0.15) is 5.10 Å². The number of oxime groups is 2. The molecule has 2 heterocycles. The second-order valence-electron chi connectivity index (χ2n) is 7.05. The van der Waals surface area contributed by atoms with Crippen molar-refractivity contribution in [1.29, 1.82) is 0 Å². The zero-order valence-corrected chi connectivity index (χ0v) is 22.8. The van der Waals surface area contributed by atoms with Crippen LogP contribution >= 0.6 is 46.4 Å². The van der Waals surface area contributed by atoms with Crippen LogP contribution in [-0.2, 0) is 18.0 Å². The Hall–Kier alpha value is -3.98. The van der Waals surface area contributed by atoms with Crippen molar-refractivity contribution in [3.63, 3.8) is 0 Å². The third-order valence-corrected chi connectivity index (χ3v) is 5.50. The Morgan fingerprint density at radius 2 is 1.82 bits per heavy atom. The summed E-state index contributed by atoms with van der Waals surface area (Å²) in [4.78, 5) is 17.8. The van der Waals surface area contributed by atoms with E-state index in [0.29, 0.717) is 49.3 Å². The fourth-order valence-corrected chi connectivity index (χ4v) is 3.58. The van der Waals surface area contributed by atoms with Crippen LogP contribution in [-0.4, -0.2) is 57.1 Å². The molecule has 4 rings (SSSR count). The minimum Gasteiger partial charge on any atom is -0.411 e. The summed E-state index contributed by atoms with van der Waals surface area (Å²) in [5.41, 5.74) is 3.03. The van der Waals surface area contributed by atoms with E-state index < -0.39 is 5.09 Å². The molecule has 0 spiro atoms. The van der Waals surface area contributed by atoms with Crippen LogP contribution < -0.4 is 0 Å². The lowest BCUT2D eigenvalue weighted by Gasteiger charge is -2.10. The number of H-pyrrole nitrogens is 1. The number of nitrogens with zero attached hydrogens (tertiary/aromatic N) is 8. The molecule has 2 aromatic carbocycles. The number of hydrogen-bond donors (Lipinski definition) is 3. The highest BCUT2D eigenvalue weighted by molar-refractivity contribution is 6.37. The van der Waals surface area contributed by atoms with Gasteiger partial charge in [-0.05, 0) is 37.3 Å². The summed E-state index contributed by atoms with van der Waals surface area (Å²) < 4.78 is 1.61. The Morgan fingerprint density at radius 3 is 2.36 bits per heavy atom. The number of rotatable bonds is 7. The Balaban J connectivity index is 0.000000339. The molecule has 0 saturated carbocycles. The summed E-state index contributed by atoms with van der Waals surface area (Å²) in [6.45, 7) is 2.15. The van der Waals surface area contributed by atoms with E-state index in [1.54, 1.807) is 60.5 Å². The molecule has 0 atom stereocenters. The zero-order chi connectivity index (χ0) is 28.8. The molecule has 0 radical (unpaired) electrons. The van der Waals surface area contributed by atoms with Crippen LogP contribution in [0.4, 0.5) is 0 Å². The van der Waals surface area contributed by atoms with Crippen LogP contribution in [0.5, 0.6) is 0 Å². The Kier molecular flexibility index (Phi) is 12.9. The van der Waals surface area contributed by atoms with Gasteiger partial charge in [0, 0.05) is 26.2 Å². The maximum Gasteiger partial charge on any atom is 0.291 e. The first-order valence-corrected chi connectivity index (χ1v) is 11.9. The van der Waals surface area contributed by atoms with E-state index in [9.17, 15) is 0 Å². The highest BCUT2D eigenvalue weighted by Gasteiger charge is 2.12. The van der Waals surface area contributed by atoms with Crippen molar-refractivity contribution in [2.75, 3.05) is 0 Å². The zero-order valence-electron chi connectivity index (χ0n) is 19.8. The van der Waals surface area contributed by atoms with Gasteiger partial charge in [-0.3, -0.25) is 5.10 Å². The first kappa shape index (κ1) is 31.2. The quantitative estimate of drug-likeness (QED) is 0.108. The lowest BCUT2D eigenvalue weighted by Crippen LogP contribution is -2.13. The summed E-state index contributed by atoms with van der Waals surface area (Å²) in [5, 5.41) is 44.7. The highest BCUT2D eigenvalue weighted by Crippen LogP contribution is 2.24. The fraction of sp³-hybridized carbons (Fsp3) is 0.143. The minimum absolute atomic E-state index is 0.183. The first-order chi connectivity index (χ1) is 18.6. The van der Waals surface area contributed by atoms with Gasteiger partial charge >= 0.3 is 0 Å². The van der Waals surface area contributed by atoms with E-state index in [-0.39, 0.29) is 6.61 Å².